The maximum atomic E-state index is 12.4. The summed E-state index contributed by atoms with van der Waals surface area (Å²) >= 11 is 0. The summed E-state index contributed by atoms with van der Waals surface area (Å²) in [5, 5.41) is 23.5. The van der Waals surface area contributed by atoms with Crippen molar-refractivity contribution in [3.8, 4) is 17.2 Å². The molecule has 0 spiro atoms. The van der Waals surface area contributed by atoms with Gasteiger partial charge in [0.15, 0.2) is 5.58 Å². The molecule has 0 radical (unpaired) electrons. The molecule has 31 heavy (non-hydrogen) atoms. The number of oxazole rings is 1. The van der Waals surface area contributed by atoms with E-state index >= 15 is 0 Å². The van der Waals surface area contributed by atoms with Crippen LogP contribution in [0.3, 0.4) is 0 Å². The molecule has 4 rings (SSSR count). The smallest absolute Gasteiger partial charge is 0.270 e. The largest absolute Gasteiger partial charge is 0.872 e. The van der Waals surface area contributed by atoms with Gasteiger partial charge in [0, 0.05) is 23.9 Å². The maximum absolute atomic E-state index is 12.4. The van der Waals surface area contributed by atoms with Crippen molar-refractivity contribution in [3.63, 3.8) is 0 Å². The first-order chi connectivity index (χ1) is 14.7. The molecule has 1 aromatic heterocycles. The standard InChI is InChI=1S/C24H21N3O4/c1-13-7-16(4)23-21(8-13)26-24(31-23)17-6-5-14(2)20(11-17)25-12-18-10-19(27(29)30)9-15(3)22(18)28/h5-12,28H,1-4H3/p-1. The fraction of sp³-hybridized carbons (Fsp3) is 0.167. The summed E-state index contributed by atoms with van der Waals surface area (Å²) in [5.41, 5.74) is 6.26. The zero-order valence-electron chi connectivity index (χ0n) is 17.6. The minimum Gasteiger partial charge on any atom is -0.872 e. The predicted molar refractivity (Wildman–Crippen MR) is 118 cm³/mol. The molecule has 0 atom stereocenters. The summed E-state index contributed by atoms with van der Waals surface area (Å²) in [6.07, 6.45) is 1.37. The Bertz CT molecular complexity index is 1370. The molecular weight excluding hydrogens is 394 g/mol. The highest BCUT2D eigenvalue weighted by Gasteiger charge is 2.13. The Morgan fingerprint density at radius 3 is 2.52 bits per heavy atom. The van der Waals surface area contributed by atoms with Crippen LogP contribution in [-0.4, -0.2) is 16.1 Å². The number of nitrogens with zero attached hydrogens (tertiary/aromatic N) is 3. The Hall–Kier alpha value is -4.00. The summed E-state index contributed by atoms with van der Waals surface area (Å²) in [6, 6.07) is 12.1. The lowest BCUT2D eigenvalue weighted by Gasteiger charge is -2.13. The number of hydrogen-bond acceptors (Lipinski definition) is 6. The third-order valence-electron chi connectivity index (χ3n) is 5.12. The third-order valence-corrected chi connectivity index (χ3v) is 5.12. The number of rotatable bonds is 4. The average Bonchev–Trinajstić information content (AvgIpc) is 3.14. The predicted octanol–water partition coefficient (Wildman–Crippen LogP) is 5.46. The zero-order valence-corrected chi connectivity index (χ0v) is 17.6. The van der Waals surface area contributed by atoms with Crippen LogP contribution in [0.4, 0.5) is 11.4 Å². The minimum absolute atomic E-state index is 0.138. The van der Waals surface area contributed by atoms with Crippen molar-refractivity contribution in [1.82, 2.24) is 4.98 Å². The van der Waals surface area contributed by atoms with Gasteiger partial charge in [0.25, 0.3) is 5.69 Å². The molecule has 0 aliphatic rings. The highest BCUT2D eigenvalue weighted by Crippen LogP contribution is 2.31. The molecular formula is C24H20N3O4-. The summed E-state index contributed by atoms with van der Waals surface area (Å²) < 4.78 is 5.99. The molecule has 0 aliphatic carbocycles. The van der Waals surface area contributed by atoms with Crippen LogP contribution in [0.15, 0.2) is 51.9 Å². The first-order valence-electron chi connectivity index (χ1n) is 9.72. The molecule has 4 aromatic rings. The van der Waals surface area contributed by atoms with Crippen LogP contribution in [0.25, 0.3) is 22.6 Å². The van der Waals surface area contributed by atoms with Gasteiger partial charge in [-0.1, -0.05) is 23.4 Å². The highest BCUT2D eigenvalue weighted by molar-refractivity contribution is 5.87. The average molecular weight is 414 g/mol. The number of nitro groups is 1. The summed E-state index contributed by atoms with van der Waals surface area (Å²) in [4.78, 5) is 19.6. The van der Waals surface area contributed by atoms with E-state index in [4.69, 9.17) is 4.42 Å². The van der Waals surface area contributed by atoms with E-state index < -0.39 is 4.92 Å². The Labute approximate surface area is 178 Å². The first-order valence-corrected chi connectivity index (χ1v) is 9.72. The molecule has 0 N–H and O–H groups in total. The molecule has 3 aromatic carbocycles. The second-order valence-corrected chi connectivity index (χ2v) is 7.65. The van der Waals surface area contributed by atoms with Gasteiger partial charge >= 0.3 is 0 Å². The molecule has 7 nitrogen and oxygen atoms in total. The summed E-state index contributed by atoms with van der Waals surface area (Å²) in [6.45, 7) is 7.44. The van der Waals surface area contributed by atoms with Crippen molar-refractivity contribution in [1.29, 1.82) is 0 Å². The molecule has 0 aliphatic heterocycles. The van der Waals surface area contributed by atoms with Crippen LogP contribution in [0.1, 0.15) is 27.8 Å². The van der Waals surface area contributed by atoms with E-state index in [1.165, 1.54) is 18.3 Å². The lowest BCUT2D eigenvalue weighted by molar-refractivity contribution is -0.385. The van der Waals surface area contributed by atoms with E-state index in [2.05, 4.69) is 9.98 Å². The first kappa shape index (κ1) is 20.3. The van der Waals surface area contributed by atoms with E-state index in [1.807, 2.05) is 51.1 Å². The quantitative estimate of drug-likeness (QED) is 0.250. The van der Waals surface area contributed by atoms with Gasteiger partial charge in [-0.25, -0.2) is 4.98 Å². The van der Waals surface area contributed by atoms with Crippen molar-refractivity contribution >= 4 is 28.7 Å². The Morgan fingerprint density at radius 1 is 1.00 bits per heavy atom. The number of aryl methyl sites for hydroxylation is 4. The van der Waals surface area contributed by atoms with Crippen molar-refractivity contribution in [3.05, 3.63) is 80.4 Å². The molecule has 0 bridgehead atoms. The Morgan fingerprint density at radius 2 is 1.77 bits per heavy atom. The van der Waals surface area contributed by atoms with Gasteiger partial charge in [-0.2, -0.15) is 0 Å². The second kappa shape index (κ2) is 7.68. The molecule has 1 heterocycles. The van der Waals surface area contributed by atoms with Gasteiger partial charge in [-0.05, 0) is 68.1 Å². The van der Waals surface area contributed by atoms with Gasteiger partial charge < -0.3 is 9.52 Å². The van der Waals surface area contributed by atoms with E-state index in [9.17, 15) is 15.2 Å². The Kier molecular flexibility index (Phi) is 5.02. The van der Waals surface area contributed by atoms with E-state index in [1.54, 1.807) is 6.92 Å². The number of benzene rings is 3. The molecule has 0 amide bonds. The lowest BCUT2D eigenvalue weighted by atomic mass is 10.1. The number of hydrogen-bond donors (Lipinski definition) is 0. The van der Waals surface area contributed by atoms with Gasteiger partial charge in [0.1, 0.15) is 5.52 Å². The summed E-state index contributed by atoms with van der Waals surface area (Å²) in [5.74, 6) is 0.198. The number of fused-ring (bicyclic) bond motifs is 1. The highest BCUT2D eigenvalue weighted by atomic mass is 16.6. The molecule has 7 heteroatoms. The SMILES string of the molecule is Cc1cc(C)c2oc(-c3ccc(C)c(N=Cc4cc([N+](=O)[O-])cc(C)c4[O-])c3)nc2c1. The van der Waals surface area contributed by atoms with Gasteiger partial charge in [-0.3, -0.25) is 15.1 Å². The van der Waals surface area contributed by atoms with E-state index in [0.29, 0.717) is 17.1 Å². The van der Waals surface area contributed by atoms with Crippen LogP contribution in [-0.2, 0) is 0 Å². The van der Waals surface area contributed by atoms with Crippen molar-refractivity contribution in [2.45, 2.75) is 27.7 Å². The number of aromatic nitrogens is 1. The van der Waals surface area contributed by atoms with Crippen molar-refractivity contribution < 1.29 is 14.4 Å². The molecule has 0 saturated heterocycles. The van der Waals surface area contributed by atoms with Crippen molar-refractivity contribution in [2.24, 2.45) is 4.99 Å². The monoisotopic (exact) mass is 414 g/mol. The van der Waals surface area contributed by atoms with Gasteiger partial charge in [0.05, 0.1) is 10.6 Å². The number of nitro benzene ring substituents is 1. The maximum Gasteiger partial charge on any atom is 0.270 e. The van der Waals surface area contributed by atoms with Crippen molar-refractivity contribution in [2.75, 3.05) is 0 Å². The van der Waals surface area contributed by atoms with Crippen LogP contribution in [0, 0.1) is 37.8 Å². The van der Waals surface area contributed by atoms with Crippen LogP contribution < -0.4 is 5.11 Å². The molecule has 0 fully saturated rings. The molecule has 0 unspecified atom stereocenters. The third kappa shape index (κ3) is 3.90. The normalized spacial score (nSPS) is 11.5. The van der Waals surface area contributed by atoms with Crippen LogP contribution in [0.2, 0.25) is 0 Å². The fourth-order valence-corrected chi connectivity index (χ4v) is 3.50. The minimum atomic E-state index is -0.521. The topological polar surface area (TPSA) is 105 Å². The fourth-order valence-electron chi connectivity index (χ4n) is 3.50. The van der Waals surface area contributed by atoms with Gasteiger partial charge in [-0.15, -0.1) is 0 Å². The summed E-state index contributed by atoms with van der Waals surface area (Å²) in [7, 11) is 0. The van der Waals surface area contributed by atoms with E-state index in [0.717, 1.165) is 33.4 Å². The second-order valence-electron chi connectivity index (χ2n) is 7.65. The van der Waals surface area contributed by atoms with Crippen LogP contribution in [0.5, 0.6) is 5.75 Å². The molecule has 156 valence electrons. The van der Waals surface area contributed by atoms with E-state index in [-0.39, 0.29) is 17.0 Å². The number of aliphatic imine (C=N–C) groups is 1. The van der Waals surface area contributed by atoms with Crippen LogP contribution >= 0.6 is 0 Å². The van der Waals surface area contributed by atoms with Gasteiger partial charge in [0.2, 0.25) is 5.89 Å². The molecule has 0 saturated carbocycles. The zero-order chi connectivity index (χ0) is 22.3. The number of non-ortho nitro benzene ring substituents is 1. The lowest BCUT2D eigenvalue weighted by Crippen LogP contribution is -2.01. The Balaban J connectivity index is 1.74.